The molecular formula is C21H26BNO3. The molecule has 1 aliphatic rings. The van der Waals surface area contributed by atoms with Crippen LogP contribution >= 0.6 is 0 Å². The lowest BCUT2D eigenvalue weighted by atomic mass is 9.79. The van der Waals surface area contributed by atoms with Crippen molar-refractivity contribution in [1.29, 1.82) is 0 Å². The molecule has 1 fully saturated rings. The Labute approximate surface area is 156 Å². The van der Waals surface area contributed by atoms with E-state index in [-0.39, 0.29) is 23.2 Å². The third kappa shape index (κ3) is 3.69. The van der Waals surface area contributed by atoms with Gasteiger partial charge < -0.3 is 14.6 Å². The second kappa shape index (κ2) is 6.90. The molecule has 0 saturated carbocycles. The van der Waals surface area contributed by atoms with Gasteiger partial charge in [-0.05, 0) is 57.8 Å². The van der Waals surface area contributed by atoms with Gasteiger partial charge in [0.15, 0.2) is 0 Å². The fourth-order valence-electron chi connectivity index (χ4n) is 2.88. The van der Waals surface area contributed by atoms with Crippen LogP contribution in [-0.2, 0) is 9.31 Å². The Morgan fingerprint density at radius 3 is 2.00 bits per heavy atom. The molecule has 3 rings (SSSR count). The van der Waals surface area contributed by atoms with Crippen LogP contribution in [0, 0.1) is 0 Å². The maximum absolute atomic E-state index is 12.5. The molecule has 1 N–H and O–H groups in total. The zero-order chi connectivity index (χ0) is 18.9. The van der Waals surface area contributed by atoms with Gasteiger partial charge in [-0.1, -0.05) is 42.5 Å². The minimum absolute atomic E-state index is 0.0496. The van der Waals surface area contributed by atoms with Crippen LogP contribution in [0.4, 0.5) is 0 Å². The van der Waals surface area contributed by atoms with Gasteiger partial charge in [-0.25, -0.2) is 0 Å². The molecule has 1 aliphatic heterocycles. The highest BCUT2D eigenvalue weighted by Gasteiger charge is 2.51. The molecule has 4 nitrogen and oxygen atoms in total. The Morgan fingerprint density at radius 2 is 1.46 bits per heavy atom. The summed E-state index contributed by atoms with van der Waals surface area (Å²) >= 11 is 0. The summed E-state index contributed by atoms with van der Waals surface area (Å²) in [7, 11) is -0.416. The molecule has 1 saturated heterocycles. The van der Waals surface area contributed by atoms with E-state index >= 15 is 0 Å². The molecule has 0 aromatic heterocycles. The normalized spacial score (nSPS) is 19.2. The van der Waals surface area contributed by atoms with Crippen molar-refractivity contribution in [2.75, 3.05) is 0 Å². The summed E-state index contributed by atoms with van der Waals surface area (Å²) in [6, 6.07) is 17.3. The van der Waals surface area contributed by atoms with Crippen molar-refractivity contribution in [2.45, 2.75) is 51.9 Å². The highest BCUT2D eigenvalue weighted by Crippen LogP contribution is 2.36. The fourth-order valence-corrected chi connectivity index (χ4v) is 2.88. The van der Waals surface area contributed by atoms with Gasteiger partial charge in [0.1, 0.15) is 0 Å². The van der Waals surface area contributed by atoms with Crippen LogP contribution in [0.5, 0.6) is 0 Å². The third-order valence-electron chi connectivity index (χ3n) is 5.35. The first kappa shape index (κ1) is 18.7. The minimum atomic E-state index is -0.416. The Morgan fingerprint density at radius 1 is 0.923 bits per heavy atom. The molecule has 0 aliphatic carbocycles. The molecule has 2 aromatic carbocycles. The Kier molecular flexibility index (Phi) is 4.95. The molecule has 0 radical (unpaired) electrons. The second-order valence-corrected chi connectivity index (χ2v) is 7.82. The smallest absolute Gasteiger partial charge is 0.399 e. The van der Waals surface area contributed by atoms with Crippen LogP contribution in [0.25, 0.3) is 0 Å². The molecule has 0 unspecified atom stereocenters. The number of rotatable bonds is 4. The molecule has 0 spiro atoms. The summed E-state index contributed by atoms with van der Waals surface area (Å²) in [6.45, 7) is 10.1. The number of carbonyl (C=O) groups is 1. The molecule has 26 heavy (non-hydrogen) atoms. The number of amides is 1. The number of hydrogen-bond donors (Lipinski definition) is 1. The highest BCUT2D eigenvalue weighted by molar-refractivity contribution is 6.62. The van der Waals surface area contributed by atoms with Crippen LogP contribution in [0.3, 0.4) is 0 Å². The van der Waals surface area contributed by atoms with Crippen LogP contribution in [0.15, 0.2) is 54.6 Å². The van der Waals surface area contributed by atoms with E-state index in [1.165, 1.54) is 0 Å². The lowest BCUT2D eigenvalue weighted by Gasteiger charge is -2.32. The first-order valence-electron chi connectivity index (χ1n) is 9.01. The van der Waals surface area contributed by atoms with Gasteiger partial charge in [-0.3, -0.25) is 4.79 Å². The fraction of sp³-hybridized carbons (Fsp3) is 0.381. The van der Waals surface area contributed by atoms with Gasteiger partial charge in [-0.2, -0.15) is 0 Å². The van der Waals surface area contributed by atoms with E-state index in [9.17, 15) is 4.79 Å². The molecule has 1 atom stereocenters. The van der Waals surface area contributed by atoms with Crippen molar-refractivity contribution in [3.8, 4) is 0 Å². The summed E-state index contributed by atoms with van der Waals surface area (Å²) in [5.41, 5.74) is 1.86. The van der Waals surface area contributed by atoms with Gasteiger partial charge in [0.25, 0.3) is 5.91 Å². The Balaban J connectivity index is 1.67. The van der Waals surface area contributed by atoms with E-state index in [2.05, 4.69) is 5.32 Å². The summed E-state index contributed by atoms with van der Waals surface area (Å²) in [4.78, 5) is 12.5. The monoisotopic (exact) mass is 351 g/mol. The van der Waals surface area contributed by atoms with Crippen LogP contribution in [0.1, 0.15) is 56.6 Å². The van der Waals surface area contributed by atoms with Crippen molar-refractivity contribution in [3.05, 3.63) is 65.7 Å². The first-order valence-corrected chi connectivity index (χ1v) is 9.01. The molecule has 1 amide bonds. The topological polar surface area (TPSA) is 47.6 Å². The molecule has 1 heterocycles. The van der Waals surface area contributed by atoms with E-state index in [0.29, 0.717) is 5.56 Å². The van der Waals surface area contributed by atoms with Crippen molar-refractivity contribution >= 4 is 18.5 Å². The average molecular weight is 351 g/mol. The van der Waals surface area contributed by atoms with E-state index < -0.39 is 7.12 Å². The predicted molar refractivity (Wildman–Crippen MR) is 104 cm³/mol. The number of hydrogen-bond acceptors (Lipinski definition) is 3. The third-order valence-corrected chi connectivity index (χ3v) is 5.35. The zero-order valence-corrected chi connectivity index (χ0v) is 16.1. The van der Waals surface area contributed by atoms with Crippen molar-refractivity contribution in [3.63, 3.8) is 0 Å². The average Bonchev–Trinajstić information content (AvgIpc) is 2.83. The molecule has 0 bridgehead atoms. The number of carbonyl (C=O) groups excluding carboxylic acids is 1. The Hall–Kier alpha value is -2.11. The summed E-state index contributed by atoms with van der Waals surface area (Å²) in [5.74, 6) is -0.0955. The van der Waals surface area contributed by atoms with Crippen molar-refractivity contribution < 1.29 is 14.1 Å². The summed E-state index contributed by atoms with van der Waals surface area (Å²) < 4.78 is 12.1. The number of benzene rings is 2. The predicted octanol–water partition coefficient (Wildman–Crippen LogP) is 3.48. The molecular weight excluding hydrogens is 325 g/mol. The molecule has 2 aromatic rings. The minimum Gasteiger partial charge on any atom is -0.399 e. The van der Waals surface area contributed by atoms with Crippen LogP contribution < -0.4 is 10.8 Å². The van der Waals surface area contributed by atoms with Gasteiger partial charge in [0.05, 0.1) is 17.2 Å². The van der Waals surface area contributed by atoms with Crippen molar-refractivity contribution in [2.24, 2.45) is 0 Å². The van der Waals surface area contributed by atoms with Gasteiger partial charge in [0.2, 0.25) is 0 Å². The van der Waals surface area contributed by atoms with Gasteiger partial charge in [-0.15, -0.1) is 0 Å². The van der Waals surface area contributed by atoms with E-state index in [0.717, 1.165) is 11.0 Å². The lowest BCUT2D eigenvalue weighted by molar-refractivity contribution is 0.00578. The highest BCUT2D eigenvalue weighted by atomic mass is 16.7. The van der Waals surface area contributed by atoms with Crippen LogP contribution in [-0.4, -0.2) is 24.2 Å². The van der Waals surface area contributed by atoms with Crippen LogP contribution in [0.2, 0.25) is 0 Å². The molecule has 5 heteroatoms. The first-order chi connectivity index (χ1) is 12.2. The Bertz CT molecular complexity index is 756. The van der Waals surface area contributed by atoms with Crippen molar-refractivity contribution in [1.82, 2.24) is 5.32 Å². The maximum Gasteiger partial charge on any atom is 0.494 e. The SMILES string of the molecule is C[C@@H](NC(=O)c1ccc(B2OC(C)(C)C(C)(C)O2)cc1)c1ccccc1. The van der Waals surface area contributed by atoms with Gasteiger partial charge in [0, 0.05) is 5.56 Å². The largest absolute Gasteiger partial charge is 0.494 e. The maximum atomic E-state index is 12.5. The lowest BCUT2D eigenvalue weighted by Crippen LogP contribution is -2.41. The van der Waals surface area contributed by atoms with E-state index in [1.54, 1.807) is 0 Å². The number of nitrogens with one attached hydrogen (secondary N) is 1. The zero-order valence-electron chi connectivity index (χ0n) is 16.1. The van der Waals surface area contributed by atoms with Gasteiger partial charge >= 0.3 is 7.12 Å². The summed E-state index contributed by atoms with van der Waals surface area (Å²) in [6.07, 6.45) is 0. The quantitative estimate of drug-likeness (QED) is 0.858. The summed E-state index contributed by atoms with van der Waals surface area (Å²) in [5, 5.41) is 3.03. The standard InChI is InChI=1S/C21H26BNO3/c1-15(16-9-7-6-8-10-16)23-19(24)17-11-13-18(14-12-17)22-25-20(2,3)21(4,5)26-22/h6-15H,1-5H3,(H,23,24)/t15-/m1/s1. The van der Waals surface area contributed by atoms with E-state index in [4.69, 9.17) is 9.31 Å². The molecule has 136 valence electrons. The van der Waals surface area contributed by atoms with E-state index in [1.807, 2.05) is 89.2 Å². The second-order valence-electron chi connectivity index (χ2n) is 7.82.